The highest BCUT2D eigenvalue weighted by Gasteiger charge is 1.88. The number of hydrogen-bond acceptors (Lipinski definition) is 33. The van der Waals surface area contributed by atoms with Crippen molar-refractivity contribution in [1.29, 1.82) is 0 Å². The van der Waals surface area contributed by atoms with Crippen LogP contribution in [0.2, 0.25) is 0 Å². The summed E-state index contributed by atoms with van der Waals surface area (Å²) in [5, 5.41) is 278. The molecule has 0 rings (SSSR count). The SMILES string of the molecule is C[N+](C)(C)C.[O-]B([O-])[O-].[O-]B([O-])[O-].[O-]B([O-])[O-].[O-]B([O-])[O-].[O-]B([O-])[O-].[O-]B([O-])[O-].[O-]B([O-])[O-].[O-]B([O-])[O-].[O-]B([O-])[O-].[O-]B([O-])[O-].[O-]B([O-])[O-]. The van der Waals surface area contributed by atoms with E-state index < -0.39 is 80.5 Å². The normalized spacial score (nSPS) is 7.29. The summed E-state index contributed by atoms with van der Waals surface area (Å²) in [7, 11) is -23.6. The highest BCUT2D eigenvalue weighted by molar-refractivity contribution is 6.26. The molecule has 34 nitrogen and oxygen atoms in total. The zero-order chi connectivity index (χ0) is 43.9. The lowest BCUT2D eigenvalue weighted by Gasteiger charge is -2.35. The first-order chi connectivity index (χ1) is 21.1. The molecule has 0 aromatic heterocycles. The minimum atomic E-state index is -2.92. The van der Waals surface area contributed by atoms with Gasteiger partial charge in [0, 0.05) is 0 Å². The number of nitrogens with zero attached hydrogens (tertiary/aromatic N) is 1. The molecule has 0 fully saturated rings. The predicted molar refractivity (Wildman–Crippen MR) is 87.3 cm³/mol. The first-order valence-corrected chi connectivity index (χ1v) is 9.57. The van der Waals surface area contributed by atoms with Gasteiger partial charge in [0.15, 0.2) is 0 Å². The average molecular weight is 721 g/mol. The highest BCUT2D eigenvalue weighted by Crippen LogP contribution is 1.73. The van der Waals surface area contributed by atoms with Gasteiger partial charge in [0.2, 0.25) is 0 Å². The Hall–Kier alpha value is -0.646. The van der Waals surface area contributed by atoms with E-state index in [2.05, 4.69) is 28.2 Å². The molecule has 0 atom stereocenters. The second kappa shape index (κ2) is 69.2. The molecule has 296 valence electrons. The van der Waals surface area contributed by atoms with Crippen molar-refractivity contribution in [2.75, 3.05) is 28.2 Å². The fourth-order valence-electron chi connectivity index (χ4n) is 0. The molecule has 0 aliphatic heterocycles. The Kier molecular flexibility index (Phi) is 116. The number of rotatable bonds is 0. The minimum Gasteiger partial charge on any atom is -0.907 e. The summed E-state index contributed by atoms with van der Waals surface area (Å²) in [6.45, 7) is 0. The highest BCUT2D eigenvalue weighted by atomic mass is 16.6. The van der Waals surface area contributed by atoms with Gasteiger partial charge in [0.05, 0.1) is 28.2 Å². The Balaban J connectivity index is -0.0000000305. The summed E-state index contributed by atoms with van der Waals surface area (Å²) >= 11 is 0. The van der Waals surface area contributed by atoms with Gasteiger partial charge >= 0.3 is 0 Å². The summed E-state index contributed by atoms with van der Waals surface area (Å²) in [4.78, 5) is 0. The van der Waals surface area contributed by atoms with Crippen LogP contribution in [-0.4, -0.2) is 113 Å². The molecule has 0 aromatic rings. The smallest absolute Gasteiger partial charge is 0.0675 e. The van der Waals surface area contributed by atoms with E-state index in [9.17, 15) is 0 Å². The van der Waals surface area contributed by atoms with Crippen molar-refractivity contribution in [3.63, 3.8) is 0 Å². The topological polar surface area (TPSA) is 761 Å². The Morgan fingerprint density at radius 3 is 0.163 bits per heavy atom. The first kappa shape index (κ1) is 82.0. The summed E-state index contributed by atoms with van der Waals surface area (Å²) in [5.74, 6) is 0. The van der Waals surface area contributed by atoms with Crippen LogP contribution in [0.1, 0.15) is 0 Å². The van der Waals surface area contributed by atoms with E-state index in [1.54, 1.807) is 0 Å². The van der Waals surface area contributed by atoms with E-state index in [0.29, 0.717) is 0 Å². The molecule has 0 spiro atoms. The van der Waals surface area contributed by atoms with Gasteiger partial charge < -0.3 is 170 Å². The van der Waals surface area contributed by atoms with Crippen LogP contribution in [0.25, 0.3) is 0 Å². The van der Waals surface area contributed by atoms with Gasteiger partial charge in [-0.1, -0.05) is 0 Å². The standard InChI is InChI=1S/C4H12N.11BO3/c1-5(2,3)4;11*2-1(3)4/h1-4H3;;;;;;;;;;;/q+1;11*-3. The van der Waals surface area contributed by atoms with E-state index >= 15 is 0 Å². The lowest BCUT2D eigenvalue weighted by atomic mass is 10.3. The zero-order valence-electron chi connectivity index (χ0n) is 24.3. The third kappa shape index (κ3) is 234000. The van der Waals surface area contributed by atoms with Crippen LogP contribution in [-0.2, 0) is 0 Å². The Bertz CT molecular complexity index is 293. The van der Waals surface area contributed by atoms with E-state index in [1.807, 2.05) is 0 Å². The van der Waals surface area contributed by atoms with E-state index in [-0.39, 0.29) is 0 Å². The molecule has 0 aliphatic carbocycles. The molecule has 0 N–H and O–H groups in total. The van der Waals surface area contributed by atoms with E-state index in [0.717, 1.165) is 4.48 Å². The second-order valence-corrected chi connectivity index (χ2v) is 5.86. The van der Waals surface area contributed by atoms with Gasteiger partial charge in [0.25, 0.3) is 0 Å². The lowest BCUT2D eigenvalue weighted by molar-refractivity contribution is -0.849. The molecule has 49 heavy (non-hydrogen) atoms. The van der Waals surface area contributed by atoms with Crippen molar-refractivity contribution in [2.45, 2.75) is 0 Å². The van der Waals surface area contributed by atoms with Crippen molar-refractivity contribution in [3.05, 3.63) is 0 Å². The average Bonchev–Trinajstić information content (AvgIpc) is 2.60. The van der Waals surface area contributed by atoms with Crippen molar-refractivity contribution in [3.8, 4) is 0 Å². The van der Waals surface area contributed by atoms with Crippen LogP contribution in [0.15, 0.2) is 0 Å². The lowest BCUT2D eigenvalue weighted by Crippen LogP contribution is -2.56. The number of quaternary nitrogens is 1. The van der Waals surface area contributed by atoms with Gasteiger partial charge in [-0.25, -0.2) is 0 Å². The summed E-state index contributed by atoms with van der Waals surface area (Å²) in [6, 6.07) is 0. The van der Waals surface area contributed by atoms with Crippen LogP contribution < -0.4 is 166 Å². The maximum Gasteiger partial charge on any atom is 0.0675 e. The molecule has 0 saturated carbocycles. The fourth-order valence-corrected chi connectivity index (χ4v) is 0. The molecular weight excluding hydrogens is 709 g/mol. The van der Waals surface area contributed by atoms with Gasteiger partial charge in [0.1, 0.15) is 0 Å². The maximum absolute atomic E-state index is 8.42. The van der Waals surface area contributed by atoms with Crippen LogP contribution in [0, 0.1) is 0 Å². The van der Waals surface area contributed by atoms with Gasteiger partial charge in [-0.3, -0.25) is 80.5 Å². The number of hydrogen-bond donors (Lipinski definition) is 0. The fraction of sp³-hybridized carbons (Fsp3) is 1.00. The van der Waals surface area contributed by atoms with Gasteiger partial charge in [-0.15, -0.1) is 0 Å². The van der Waals surface area contributed by atoms with Crippen molar-refractivity contribution >= 4 is 80.5 Å². The third-order valence-corrected chi connectivity index (χ3v) is 0. The van der Waals surface area contributed by atoms with Crippen LogP contribution in [0.3, 0.4) is 0 Å². The van der Waals surface area contributed by atoms with Crippen LogP contribution in [0.4, 0.5) is 0 Å². The third-order valence-electron chi connectivity index (χ3n) is 0. The largest absolute Gasteiger partial charge is 0.907 e. The predicted octanol–water partition coefficient (Wildman–Crippen LogP) is -43.1. The molecule has 0 bridgehead atoms. The summed E-state index contributed by atoms with van der Waals surface area (Å²) < 4.78 is 1.00. The summed E-state index contributed by atoms with van der Waals surface area (Å²) in [6.07, 6.45) is 0. The molecule has 45 heteroatoms. The molecule has 0 unspecified atom stereocenters. The minimum absolute atomic E-state index is 1.00. The zero-order valence-corrected chi connectivity index (χ0v) is 24.3. The molecule has 0 saturated heterocycles. The first-order valence-electron chi connectivity index (χ1n) is 9.57. The molecule has 0 amide bonds. The monoisotopic (exact) mass is 723 g/mol. The van der Waals surface area contributed by atoms with Crippen molar-refractivity contribution in [1.82, 2.24) is 0 Å². The van der Waals surface area contributed by atoms with Crippen molar-refractivity contribution < 1.29 is 170 Å². The molecule has 0 aromatic carbocycles. The quantitative estimate of drug-likeness (QED) is 0.165. The second-order valence-electron chi connectivity index (χ2n) is 5.86. The molecule has 0 radical (unpaired) electrons. The summed E-state index contributed by atoms with van der Waals surface area (Å²) in [5.41, 5.74) is 0. The molecule has 0 aliphatic rings. The van der Waals surface area contributed by atoms with Gasteiger partial charge in [-0.05, 0) is 0 Å². The van der Waals surface area contributed by atoms with Crippen LogP contribution in [0.5, 0.6) is 0 Å². The van der Waals surface area contributed by atoms with E-state index in [1.165, 1.54) is 0 Å². The molecular formula is C4H12B11NO33-32. The Labute approximate surface area is 279 Å². The molecule has 0 heterocycles. The Morgan fingerprint density at radius 1 is 0.163 bits per heavy atom. The van der Waals surface area contributed by atoms with Crippen molar-refractivity contribution in [2.24, 2.45) is 0 Å². The maximum atomic E-state index is 8.42. The van der Waals surface area contributed by atoms with Crippen LogP contribution >= 0.6 is 0 Å². The Morgan fingerprint density at radius 2 is 0.163 bits per heavy atom. The van der Waals surface area contributed by atoms with Gasteiger partial charge in [-0.2, -0.15) is 0 Å². The van der Waals surface area contributed by atoms with E-state index in [4.69, 9.17) is 166 Å².